The van der Waals surface area contributed by atoms with E-state index in [0.717, 1.165) is 27.2 Å². The minimum Gasteiger partial charge on any atom is -0.506 e. The second kappa shape index (κ2) is 5.32. The number of halogens is 2. The fraction of sp³-hybridized carbons (Fsp3) is 0.222. The molecule has 2 aromatic rings. The number of aromatic hydroxyl groups is 1. The molecule has 3 atom stereocenters. The molecule has 4 heteroatoms. The van der Waals surface area contributed by atoms with Crippen LogP contribution in [0.25, 0.3) is 0 Å². The summed E-state index contributed by atoms with van der Waals surface area (Å²) in [5, 5.41) is 14.6. The summed E-state index contributed by atoms with van der Waals surface area (Å²) >= 11 is 9.65. The highest BCUT2D eigenvalue weighted by molar-refractivity contribution is 9.10. The maximum Gasteiger partial charge on any atom is 0.139 e. The predicted octanol–water partition coefficient (Wildman–Crippen LogP) is 5.63. The van der Waals surface area contributed by atoms with E-state index in [1.807, 2.05) is 18.2 Å². The molecule has 1 heterocycles. The van der Waals surface area contributed by atoms with Crippen LogP contribution in [0.5, 0.6) is 5.75 Å². The van der Waals surface area contributed by atoms with Crippen LogP contribution < -0.4 is 5.32 Å². The molecule has 112 valence electrons. The summed E-state index contributed by atoms with van der Waals surface area (Å²) in [6, 6.07) is 11.8. The van der Waals surface area contributed by atoms with Crippen molar-refractivity contribution >= 4 is 33.2 Å². The Labute approximate surface area is 142 Å². The fourth-order valence-electron chi connectivity index (χ4n) is 3.65. The summed E-state index contributed by atoms with van der Waals surface area (Å²) in [5.74, 6) is 1.07. The third-order valence-electron chi connectivity index (χ3n) is 4.67. The highest BCUT2D eigenvalue weighted by atomic mass is 79.9. The molecule has 0 saturated heterocycles. The predicted molar refractivity (Wildman–Crippen MR) is 93.6 cm³/mol. The summed E-state index contributed by atoms with van der Waals surface area (Å²) in [4.78, 5) is 0. The zero-order valence-electron chi connectivity index (χ0n) is 11.8. The molecule has 0 fully saturated rings. The third kappa shape index (κ3) is 2.15. The van der Waals surface area contributed by atoms with Gasteiger partial charge < -0.3 is 10.4 Å². The summed E-state index contributed by atoms with van der Waals surface area (Å²) in [6.07, 6.45) is 5.54. The number of hydrogen-bond donors (Lipinski definition) is 2. The van der Waals surface area contributed by atoms with E-state index in [1.165, 1.54) is 5.56 Å². The van der Waals surface area contributed by atoms with Crippen LogP contribution in [0.1, 0.15) is 29.5 Å². The Balaban J connectivity index is 1.84. The molecule has 0 unspecified atom stereocenters. The van der Waals surface area contributed by atoms with Gasteiger partial charge in [-0.3, -0.25) is 0 Å². The van der Waals surface area contributed by atoms with Gasteiger partial charge in [0.25, 0.3) is 0 Å². The van der Waals surface area contributed by atoms with Crippen molar-refractivity contribution in [1.29, 1.82) is 0 Å². The Hall–Kier alpha value is -1.45. The van der Waals surface area contributed by atoms with Crippen LogP contribution in [0.2, 0.25) is 5.02 Å². The topological polar surface area (TPSA) is 32.3 Å². The lowest BCUT2D eigenvalue weighted by atomic mass is 9.77. The van der Waals surface area contributed by atoms with Gasteiger partial charge >= 0.3 is 0 Å². The van der Waals surface area contributed by atoms with Crippen LogP contribution in [0.3, 0.4) is 0 Å². The van der Waals surface area contributed by atoms with Gasteiger partial charge in [0.2, 0.25) is 0 Å². The first-order valence-corrected chi connectivity index (χ1v) is 8.52. The van der Waals surface area contributed by atoms with Crippen molar-refractivity contribution in [2.75, 3.05) is 5.32 Å². The highest BCUT2D eigenvalue weighted by Gasteiger charge is 2.39. The molecular formula is C18H15BrClNO. The fourth-order valence-corrected chi connectivity index (χ4v) is 4.37. The number of fused-ring (bicyclic) bond motifs is 3. The zero-order chi connectivity index (χ0) is 15.3. The SMILES string of the molecule is Oc1ccc(Br)c2c1N[C@@H](c1ccc(Cl)cc1)[C@H]1CC=C[C@@H]21. The first-order valence-electron chi connectivity index (χ1n) is 7.35. The van der Waals surface area contributed by atoms with Crippen molar-refractivity contribution in [2.24, 2.45) is 5.92 Å². The quantitative estimate of drug-likeness (QED) is 0.499. The van der Waals surface area contributed by atoms with E-state index in [9.17, 15) is 5.11 Å². The Kier molecular flexibility index (Phi) is 3.43. The molecule has 0 amide bonds. The van der Waals surface area contributed by atoms with Crippen LogP contribution in [0.4, 0.5) is 5.69 Å². The Morgan fingerprint density at radius 2 is 1.91 bits per heavy atom. The van der Waals surface area contributed by atoms with Crippen LogP contribution in [0, 0.1) is 5.92 Å². The van der Waals surface area contributed by atoms with Crippen molar-refractivity contribution in [3.8, 4) is 5.75 Å². The Bertz CT molecular complexity index is 756. The molecule has 0 saturated carbocycles. The molecule has 0 bridgehead atoms. The molecule has 1 aliphatic heterocycles. The highest BCUT2D eigenvalue weighted by Crippen LogP contribution is 2.54. The van der Waals surface area contributed by atoms with Gasteiger partial charge in [0.15, 0.2) is 0 Å². The maximum absolute atomic E-state index is 10.3. The standard InChI is InChI=1S/C18H15BrClNO/c19-14-8-9-15(22)18-16(14)12-2-1-3-13(12)17(21-18)10-4-6-11(20)7-5-10/h1-2,4-9,12-13,17,21-22H,3H2/t12-,13+,17+/m1/s1. The molecule has 1 aliphatic carbocycles. The number of benzene rings is 2. The zero-order valence-corrected chi connectivity index (χ0v) is 14.1. The van der Waals surface area contributed by atoms with E-state index in [-0.39, 0.29) is 6.04 Å². The van der Waals surface area contributed by atoms with E-state index in [0.29, 0.717) is 17.6 Å². The Morgan fingerprint density at radius 3 is 2.68 bits per heavy atom. The van der Waals surface area contributed by atoms with E-state index in [1.54, 1.807) is 6.07 Å². The molecule has 2 N–H and O–H groups in total. The van der Waals surface area contributed by atoms with Crippen LogP contribution in [-0.4, -0.2) is 5.11 Å². The smallest absolute Gasteiger partial charge is 0.139 e. The first kappa shape index (κ1) is 14.2. The summed E-state index contributed by atoms with van der Waals surface area (Å²) in [7, 11) is 0. The van der Waals surface area contributed by atoms with Crippen LogP contribution >= 0.6 is 27.5 Å². The van der Waals surface area contributed by atoms with Crippen LogP contribution in [-0.2, 0) is 0 Å². The van der Waals surface area contributed by atoms with Crippen molar-refractivity contribution < 1.29 is 5.11 Å². The largest absolute Gasteiger partial charge is 0.506 e. The van der Waals surface area contributed by atoms with E-state index in [2.05, 4.69) is 45.5 Å². The average Bonchev–Trinajstić information content (AvgIpc) is 3.00. The van der Waals surface area contributed by atoms with E-state index in [4.69, 9.17) is 11.6 Å². The molecule has 2 aromatic carbocycles. The lowest BCUT2D eigenvalue weighted by molar-refractivity contribution is 0.414. The molecular weight excluding hydrogens is 362 g/mol. The van der Waals surface area contributed by atoms with Gasteiger partial charge in [-0.05, 0) is 42.2 Å². The van der Waals surface area contributed by atoms with Gasteiger partial charge in [0.05, 0.1) is 11.7 Å². The second-order valence-corrected chi connectivity index (χ2v) is 7.17. The normalized spacial score (nSPS) is 25.5. The van der Waals surface area contributed by atoms with Crippen molar-refractivity contribution in [3.63, 3.8) is 0 Å². The number of phenolic OH excluding ortho intramolecular Hbond substituents is 1. The third-order valence-corrected chi connectivity index (χ3v) is 5.62. The minimum atomic E-state index is 0.171. The van der Waals surface area contributed by atoms with Gasteiger partial charge in [-0.15, -0.1) is 0 Å². The van der Waals surface area contributed by atoms with Crippen molar-refractivity contribution in [2.45, 2.75) is 18.4 Å². The second-order valence-electron chi connectivity index (χ2n) is 5.88. The average molecular weight is 377 g/mol. The van der Waals surface area contributed by atoms with Crippen LogP contribution in [0.15, 0.2) is 53.0 Å². The van der Waals surface area contributed by atoms with Gasteiger partial charge in [0, 0.05) is 21.0 Å². The maximum atomic E-state index is 10.3. The van der Waals surface area contributed by atoms with Gasteiger partial charge in [-0.1, -0.05) is 51.8 Å². The van der Waals surface area contributed by atoms with Crippen molar-refractivity contribution in [3.05, 3.63) is 69.2 Å². The van der Waals surface area contributed by atoms with E-state index < -0.39 is 0 Å². The molecule has 0 spiro atoms. The van der Waals surface area contributed by atoms with Crippen molar-refractivity contribution in [1.82, 2.24) is 0 Å². The van der Waals surface area contributed by atoms with E-state index >= 15 is 0 Å². The number of allylic oxidation sites excluding steroid dienone is 2. The molecule has 0 radical (unpaired) electrons. The van der Waals surface area contributed by atoms with Gasteiger partial charge in [0.1, 0.15) is 5.75 Å². The molecule has 2 aliphatic rings. The molecule has 4 rings (SSSR count). The molecule has 0 aromatic heterocycles. The van der Waals surface area contributed by atoms with Gasteiger partial charge in [-0.2, -0.15) is 0 Å². The summed E-state index contributed by atoms with van der Waals surface area (Å²) in [5.41, 5.74) is 3.19. The van der Waals surface area contributed by atoms with Gasteiger partial charge in [-0.25, -0.2) is 0 Å². The number of rotatable bonds is 1. The monoisotopic (exact) mass is 375 g/mol. The summed E-state index contributed by atoms with van der Waals surface area (Å²) in [6.45, 7) is 0. The Morgan fingerprint density at radius 1 is 1.14 bits per heavy atom. The lowest BCUT2D eigenvalue weighted by Gasteiger charge is -2.38. The number of hydrogen-bond acceptors (Lipinski definition) is 2. The summed E-state index contributed by atoms with van der Waals surface area (Å²) < 4.78 is 1.05. The number of nitrogens with one attached hydrogen (secondary N) is 1. The number of anilines is 1. The molecule has 22 heavy (non-hydrogen) atoms. The minimum absolute atomic E-state index is 0.171. The number of phenols is 1. The molecule has 2 nitrogen and oxygen atoms in total. The lowest BCUT2D eigenvalue weighted by Crippen LogP contribution is -2.29. The first-order chi connectivity index (χ1) is 10.6.